The van der Waals surface area contributed by atoms with E-state index < -0.39 is 5.54 Å². The fraction of sp³-hybridized carbons (Fsp3) is 0.478. The summed E-state index contributed by atoms with van der Waals surface area (Å²) in [6.45, 7) is 13.8. The summed E-state index contributed by atoms with van der Waals surface area (Å²) in [4.78, 5) is 15.3. The first-order valence-corrected chi connectivity index (χ1v) is 9.50. The zero-order valence-corrected chi connectivity index (χ0v) is 18.2. The average molecular weight is 382 g/mol. The Morgan fingerprint density at radius 3 is 2.11 bits per heavy atom. The molecule has 0 saturated heterocycles. The molecule has 0 amide bonds. The van der Waals surface area contributed by atoms with Crippen molar-refractivity contribution in [2.45, 2.75) is 60.4 Å². The van der Waals surface area contributed by atoms with Gasteiger partial charge in [0.15, 0.2) is 0 Å². The van der Waals surface area contributed by atoms with E-state index in [1.54, 1.807) is 11.8 Å². The number of aromatic nitrogens is 1. The molecule has 0 aliphatic rings. The van der Waals surface area contributed by atoms with Crippen LogP contribution in [0.3, 0.4) is 0 Å². The van der Waals surface area contributed by atoms with Crippen molar-refractivity contribution in [3.63, 3.8) is 0 Å². The summed E-state index contributed by atoms with van der Waals surface area (Å²) in [5, 5.41) is 20.5. The van der Waals surface area contributed by atoms with E-state index >= 15 is 0 Å². The van der Waals surface area contributed by atoms with Crippen LogP contribution in [0.2, 0.25) is 0 Å². The SMILES string of the molecule is Cc1ccc(N(C)c2c(C)c(C#N)c(O)n(C(C)(C)CC(C)(C)C)c2=O)cc1. The summed E-state index contributed by atoms with van der Waals surface area (Å²) in [6.07, 6.45) is 0.662. The van der Waals surface area contributed by atoms with Gasteiger partial charge >= 0.3 is 0 Å². The average Bonchev–Trinajstić information content (AvgIpc) is 2.52. The van der Waals surface area contributed by atoms with Crippen LogP contribution in [-0.2, 0) is 5.54 Å². The first-order chi connectivity index (χ1) is 12.8. The van der Waals surface area contributed by atoms with Gasteiger partial charge in [-0.05, 0) is 51.7 Å². The van der Waals surface area contributed by atoms with Gasteiger partial charge in [-0.15, -0.1) is 0 Å². The second-order valence-electron chi connectivity index (χ2n) is 9.37. The van der Waals surface area contributed by atoms with Crippen LogP contribution in [0, 0.1) is 30.6 Å². The highest BCUT2D eigenvalue weighted by molar-refractivity contribution is 5.69. The van der Waals surface area contributed by atoms with Gasteiger partial charge in [0.05, 0.1) is 0 Å². The molecule has 0 atom stereocenters. The van der Waals surface area contributed by atoms with E-state index in [2.05, 4.69) is 26.8 Å². The van der Waals surface area contributed by atoms with E-state index in [1.807, 2.05) is 52.1 Å². The van der Waals surface area contributed by atoms with Crippen molar-refractivity contribution < 1.29 is 5.11 Å². The number of nitriles is 1. The lowest BCUT2D eigenvalue weighted by atomic mass is 9.81. The Bertz CT molecular complexity index is 971. The maximum atomic E-state index is 13.5. The molecule has 28 heavy (non-hydrogen) atoms. The molecular formula is C23H31N3O2. The molecular weight excluding hydrogens is 350 g/mol. The van der Waals surface area contributed by atoms with Crippen molar-refractivity contribution >= 4 is 11.4 Å². The third-order valence-corrected chi connectivity index (χ3v) is 5.01. The minimum Gasteiger partial charge on any atom is -0.493 e. The fourth-order valence-electron chi connectivity index (χ4n) is 4.13. The topological polar surface area (TPSA) is 69.3 Å². The lowest BCUT2D eigenvalue weighted by Gasteiger charge is -2.36. The summed E-state index contributed by atoms with van der Waals surface area (Å²) in [5.74, 6) is -0.264. The monoisotopic (exact) mass is 381 g/mol. The zero-order chi connectivity index (χ0) is 21.4. The third kappa shape index (κ3) is 4.06. The van der Waals surface area contributed by atoms with E-state index in [0.29, 0.717) is 17.7 Å². The smallest absolute Gasteiger partial charge is 0.278 e. The van der Waals surface area contributed by atoms with E-state index in [9.17, 15) is 15.2 Å². The molecule has 0 unspecified atom stereocenters. The second kappa shape index (κ2) is 7.35. The van der Waals surface area contributed by atoms with Crippen LogP contribution >= 0.6 is 0 Å². The molecule has 5 nitrogen and oxygen atoms in total. The summed E-state index contributed by atoms with van der Waals surface area (Å²) in [6, 6.07) is 9.93. The van der Waals surface area contributed by atoms with E-state index in [1.165, 1.54) is 4.57 Å². The van der Waals surface area contributed by atoms with Gasteiger partial charge in [0, 0.05) is 23.8 Å². The highest BCUT2D eigenvalue weighted by Gasteiger charge is 2.33. The van der Waals surface area contributed by atoms with Gasteiger partial charge in [0.25, 0.3) is 5.56 Å². The summed E-state index contributed by atoms with van der Waals surface area (Å²) in [5.41, 5.74) is 1.97. The second-order valence-corrected chi connectivity index (χ2v) is 9.37. The molecule has 2 rings (SSSR count). The van der Waals surface area contributed by atoms with Crippen molar-refractivity contribution in [3.05, 3.63) is 51.3 Å². The van der Waals surface area contributed by atoms with E-state index in [0.717, 1.165) is 11.3 Å². The lowest BCUT2D eigenvalue weighted by Crippen LogP contribution is -2.41. The number of pyridine rings is 1. The van der Waals surface area contributed by atoms with Gasteiger partial charge in [-0.2, -0.15) is 5.26 Å². The van der Waals surface area contributed by atoms with Gasteiger partial charge in [0.1, 0.15) is 17.3 Å². The Morgan fingerprint density at radius 2 is 1.64 bits per heavy atom. The van der Waals surface area contributed by atoms with Crippen LogP contribution in [0.25, 0.3) is 0 Å². The number of hydrogen-bond acceptors (Lipinski definition) is 4. The number of anilines is 2. The minimum absolute atomic E-state index is 0.0594. The van der Waals surface area contributed by atoms with Crippen LogP contribution in [-0.4, -0.2) is 16.7 Å². The zero-order valence-electron chi connectivity index (χ0n) is 18.2. The molecule has 0 radical (unpaired) electrons. The molecule has 1 heterocycles. The van der Waals surface area contributed by atoms with E-state index in [4.69, 9.17) is 0 Å². The molecule has 150 valence electrons. The maximum Gasteiger partial charge on any atom is 0.278 e. The molecule has 1 aromatic heterocycles. The van der Waals surface area contributed by atoms with Crippen molar-refractivity contribution in [3.8, 4) is 11.9 Å². The standard InChI is InChI=1S/C23H31N3O2/c1-15-9-11-17(12-10-15)25(8)19-16(2)18(13-24)20(27)26(21(19)28)23(6,7)14-22(3,4)5/h9-12,27H,14H2,1-8H3. The van der Waals surface area contributed by atoms with Crippen molar-refractivity contribution in [2.75, 3.05) is 11.9 Å². The molecule has 2 aromatic rings. The first kappa shape index (κ1) is 21.6. The van der Waals surface area contributed by atoms with E-state index in [-0.39, 0.29) is 22.4 Å². The predicted octanol–water partition coefficient (Wildman–Crippen LogP) is 4.98. The highest BCUT2D eigenvalue weighted by atomic mass is 16.3. The predicted molar refractivity (Wildman–Crippen MR) is 114 cm³/mol. The molecule has 0 saturated carbocycles. The number of aryl methyl sites for hydroxylation is 1. The Hall–Kier alpha value is -2.74. The Labute approximate surface area is 167 Å². The van der Waals surface area contributed by atoms with Crippen molar-refractivity contribution in [1.29, 1.82) is 5.26 Å². The molecule has 5 heteroatoms. The molecule has 0 spiro atoms. The maximum absolute atomic E-state index is 13.5. The van der Waals surface area contributed by atoms with Gasteiger partial charge < -0.3 is 10.0 Å². The van der Waals surface area contributed by atoms with Crippen molar-refractivity contribution in [1.82, 2.24) is 4.57 Å². The Morgan fingerprint density at radius 1 is 1.11 bits per heavy atom. The third-order valence-electron chi connectivity index (χ3n) is 5.01. The minimum atomic E-state index is -0.665. The Kier molecular flexibility index (Phi) is 5.66. The summed E-state index contributed by atoms with van der Waals surface area (Å²) >= 11 is 0. The van der Waals surface area contributed by atoms with Crippen LogP contribution in [0.15, 0.2) is 29.1 Å². The molecule has 1 aromatic carbocycles. The lowest BCUT2D eigenvalue weighted by molar-refractivity contribution is 0.193. The number of hydrogen-bond donors (Lipinski definition) is 1. The highest BCUT2D eigenvalue weighted by Crippen LogP contribution is 2.37. The quantitative estimate of drug-likeness (QED) is 0.811. The largest absolute Gasteiger partial charge is 0.493 e. The molecule has 0 aliphatic heterocycles. The molecule has 1 N–H and O–H groups in total. The first-order valence-electron chi connectivity index (χ1n) is 9.50. The number of aromatic hydroxyl groups is 1. The van der Waals surface area contributed by atoms with Crippen LogP contribution in [0.4, 0.5) is 11.4 Å². The van der Waals surface area contributed by atoms with Crippen LogP contribution in [0.5, 0.6) is 5.88 Å². The number of benzene rings is 1. The van der Waals surface area contributed by atoms with Gasteiger partial charge in [-0.25, -0.2) is 0 Å². The van der Waals surface area contributed by atoms with Gasteiger partial charge in [-0.1, -0.05) is 38.5 Å². The van der Waals surface area contributed by atoms with Gasteiger partial charge in [-0.3, -0.25) is 9.36 Å². The van der Waals surface area contributed by atoms with Crippen LogP contribution in [0.1, 0.15) is 57.7 Å². The fourth-order valence-corrected chi connectivity index (χ4v) is 4.13. The van der Waals surface area contributed by atoms with Crippen LogP contribution < -0.4 is 10.5 Å². The number of rotatable bonds is 4. The van der Waals surface area contributed by atoms with Gasteiger partial charge in [0.2, 0.25) is 5.88 Å². The molecule has 0 aliphatic carbocycles. The normalized spacial score (nSPS) is 12.0. The molecule has 0 bridgehead atoms. The summed E-state index contributed by atoms with van der Waals surface area (Å²) in [7, 11) is 1.81. The summed E-state index contributed by atoms with van der Waals surface area (Å²) < 4.78 is 1.38. The number of nitrogens with zero attached hydrogens (tertiary/aromatic N) is 3. The molecule has 0 fully saturated rings. The van der Waals surface area contributed by atoms with Crippen molar-refractivity contribution in [2.24, 2.45) is 5.41 Å². The Balaban J connectivity index is 2.80.